The Hall–Kier alpha value is -1.07. The van der Waals surface area contributed by atoms with Gasteiger partial charge in [0.15, 0.2) is 0 Å². The van der Waals surface area contributed by atoms with Gasteiger partial charge in [-0.25, -0.2) is 16.8 Å². The molecule has 0 aliphatic heterocycles. The van der Waals surface area contributed by atoms with E-state index in [1.807, 2.05) is 0 Å². The Balaban J connectivity index is 3.24. The molecular weight excluding hydrogens is 298 g/mol. The Morgan fingerprint density at radius 3 is 2.33 bits per heavy atom. The van der Waals surface area contributed by atoms with Crippen LogP contribution in [0.4, 0.5) is 0 Å². The zero-order valence-electron chi connectivity index (χ0n) is 9.29. The lowest BCUT2D eigenvalue weighted by Gasteiger charge is -2.09. The van der Waals surface area contributed by atoms with E-state index in [0.29, 0.717) is 0 Å². The van der Waals surface area contributed by atoms with Crippen molar-refractivity contribution in [3.63, 3.8) is 0 Å². The molecule has 0 aliphatic carbocycles. The summed E-state index contributed by atoms with van der Waals surface area (Å²) in [5.74, 6) is 2.20. The monoisotopic (exact) mass is 307 g/mol. The zero-order valence-corrected chi connectivity index (χ0v) is 11.7. The SMILES string of the molecule is C#CC(C)NS(=O)(=O)c1cccc(S(=O)(=O)Cl)c1. The highest BCUT2D eigenvalue weighted by atomic mass is 35.7. The number of sulfonamides is 1. The first-order chi connectivity index (χ1) is 8.16. The van der Waals surface area contributed by atoms with Gasteiger partial charge in [-0.15, -0.1) is 6.42 Å². The van der Waals surface area contributed by atoms with E-state index < -0.39 is 25.1 Å². The van der Waals surface area contributed by atoms with Crippen LogP contribution in [0, 0.1) is 12.3 Å². The van der Waals surface area contributed by atoms with Crippen molar-refractivity contribution in [1.29, 1.82) is 0 Å². The smallest absolute Gasteiger partial charge is 0.207 e. The molecule has 0 fully saturated rings. The van der Waals surface area contributed by atoms with Gasteiger partial charge in [-0.2, -0.15) is 4.72 Å². The number of rotatable bonds is 4. The Kier molecular flexibility index (Phi) is 4.40. The molecule has 0 radical (unpaired) electrons. The van der Waals surface area contributed by atoms with E-state index in [0.717, 1.165) is 6.07 Å². The summed E-state index contributed by atoms with van der Waals surface area (Å²) in [7, 11) is -2.71. The van der Waals surface area contributed by atoms with Crippen molar-refractivity contribution in [2.75, 3.05) is 0 Å². The summed E-state index contributed by atoms with van der Waals surface area (Å²) < 4.78 is 48.1. The summed E-state index contributed by atoms with van der Waals surface area (Å²) in [5, 5.41) is 0. The predicted octanol–water partition coefficient (Wildman–Crippen LogP) is 0.914. The number of terminal acetylenes is 1. The maximum atomic E-state index is 11.8. The fraction of sp³-hybridized carbons (Fsp3) is 0.200. The van der Waals surface area contributed by atoms with Crippen molar-refractivity contribution in [3.05, 3.63) is 24.3 Å². The summed E-state index contributed by atoms with van der Waals surface area (Å²) in [6.45, 7) is 1.49. The highest BCUT2D eigenvalue weighted by Gasteiger charge is 2.19. The number of halogens is 1. The first-order valence-corrected chi connectivity index (χ1v) is 8.49. The molecule has 0 bridgehead atoms. The largest absolute Gasteiger partial charge is 0.261 e. The first kappa shape index (κ1) is 15.0. The van der Waals surface area contributed by atoms with Crippen molar-refractivity contribution in [2.24, 2.45) is 0 Å². The van der Waals surface area contributed by atoms with Gasteiger partial charge in [-0.3, -0.25) is 0 Å². The third-order valence-corrected chi connectivity index (χ3v) is 4.87. The molecule has 1 aromatic rings. The summed E-state index contributed by atoms with van der Waals surface area (Å²) in [6, 6.07) is 3.99. The molecule has 0 saturated carbocycles. The van der Waals surface area contributed by atoms with E-state index in [2.05, 4.69) is 10.6 Å². The van der Waals surface area contributed by atoms with Gasteiger partial charge in [-0.05, 0) is 25.1 Å². The van der Waals surface area contributed by atoms with Crippen molar-refractivity contribution in [2.45, 2.75) is 22.8 Å². The van der Waals surface area contributed by atoms with Gasteiger partial charge in [-0.1, -0.05) is 12.0 Å². The first-order valence-electron chi connectivity index (χ1n) is 4.70. The van der Waals surface area contributed by atoms with Crippen molar-refractivity contribution < 1.29 is 16.8 Å². The Labute approximate surface area is 111 Å². The van der Waals surface area contributed by atoms with Gasteiger partial charge in [0, 0.05) is 10.7 Å². The van der Waals surface area contributed by atoms with Crippen LogP contribution in [0.2, 0.25) is 0 Å². The van der Waals surface area contributed by atoms with Crippen LogP contribution in [-0.2, 0) is 19.1 Å². The average Bonchev–Trinajstić information content (AvgIpc) is 2.27. The molecule has 18 heavy (non-hydrogen) atoms. The maximum absolute atomic E-state index is 11.8. The van der Waals surface area contributed by atoms with Gasteiger partial charge in [0.1, 0.15) is 0 Å². The van der Waals surface area contributed by atoms with Crippen LogP contribution < -0.4 is 4.72 Å². The average molecular weight is 308 g/mol. The maximum Gasteiger partial charge on any atom is 0.261 e. The standard InChI is InChI=1S/C10H10ClNO4S2/c1-3-8(2)12-18(15,16)10-6-4-5-9(7-10)17(11,13)14/h1,4-8,12H,2H3. The molecule has 5 nitrogen and oxygen atoms in total. The minimum atomic E-state index is -3.98. The molecule has 0 heterocycles. The molecule has 1 atom stereocenters. The van der Waals surface area contributed by atoms with E-state index in [1.54, 1.807) is 0 Å². The molecule has 1 aromatic carbocycles. The van der Waals surface area contributed by atoms with Crippen LogP contribution >= 0.6 is 10.7 Å². The third-order valence-electron chi connectivity index (χ3n) is 1.98. The van der Waals surface area contributed by atoms with Crippen LogP contribution in [-0.4, -0.2) is 22.9 Å². The molecule has 0 aliphatic rings. The third kappa shape index (κ3) is 3.71. The molecule has 1 N–H and O–H groups in total. The molecule has 0 aromatic heterocycles. The lowest BCUT2D eigenvalue weighted by Crippen LogP contribution is -2.31. The minimum Gasteiger partial charge on any atom is -0.207 e. The summed E-state index contributed by atoms with van der Waals surface area (Å²) >= 11 is 0. The van der Waals surface area contributed by atoms with Gasteiger partial charge < -0.3 is 0 Å². The minimum absolute atomic E-state index is 0.216. The summed E-state index contributed by atoms with van der Waals surface area (Å²) in [4.78, 5) is -0.508. The fourth-order valence-electron chi connectivity index (χ4n) is 1.13. The summed E-state index contributed by atoms with van der Waals surface area (Å²) in [5.41, 5.74) is 0. The lowest BCUT2D eigenvalue weighted by atomic mass is 10.4. The number of nitrogens with one attached hydrogen (secondary N) is 1. The van der Waals surface area contributed by atoms with E-state index >= 15 is 0 Å². The van der Waals surface area contributed by atoms with Crippen LogP contribution in [0.5, 0.6) is 0 Å². The second-order valence-corrected chi connectivity index (χ2v) is 7.70. The molecule has 0 amide bonds. The van der Waals surface area contributed by atoms with Crippen molar-refractivity contribution >= 4 is 29.8 Å². The van der Waals surface area contributed by atoms with Gasteiger partial charge in [0.2, 0.25) is 10.0 Å². The summed E-state index contributed by atoms with van der Waals surface area (Å²) in [6.07, 6.45) is 5.06. The number of benzene rings is 1. The molecule has 8 heteroatoms. The highest BCUT2D eigenvalue weighted by Crippen LogP contribution is 2.19. The Morgan fingerprint density at radius 1 is 1.28 bits per heavy atom. The van der Waals surface area contributed by atoms with Gasteiger partial charge in [0.05, 0.1) is 15.8 Å². The quantitative estimate of drug-likeness (QED) is 0.662. The molecule has 98 valence electrons. The molecule has 0 saturated heterocycles. The lowest BCUT2D eigenvalue weighted by molar-refractivity contribution is 0.577. The van der Waals surface area contributed by atoms with E-state index in [1.165, 1.54) is 25.1 Å². The predicted molar refractivity (Wildman–Crippen MR) is 68.1 cm³/mol. The van der Waals surface area contributed by atoms with E-state index in [-0.39, 0.29) is 9.79 Å². The van der Waals surface area contributed by atoms with Crippen molar-refractivity contribution in [1.82, 2.24) is 4.72 Å². The van der Waals surface area contributed by atoms with Crippen LogP contribution in [0.1, 0.15) is 6.92 Å². The van der Waals surface area contributed by atoms with Crippen LogP contribution in [0.3, 0.4) is 0 Å². The second kappa shape index (κ2) is 5.28. The molecule has 0 spiro atoms. The van der Waals surface area contributed by atoms with Crippen LogP contribution in [0.25, 0.3) is 0 Å². The number of hydrogen-bond acceptors (Lipinski definition) is 4. The van der Waals surface area contributed by atoms with Crippen molar-refractivity contribution in [3.8, 4) is 12.3 Å². The molecule has 1 rings (SSSR count). The zero-order chi connectivity index (χ0) is 14.0. The van der Waals surface area contributed by atoms with Crippen LogP contribution in [0.15, 0.2) is 34.1 Å². The Bertz CT molecular complexity index is 689. The normalized spacial score (nSPS) is 13.8. The number of hydrogen-bond donors (Lipinski definition) is 1. The van der Waals surface area contributed by atoms with E-state index in [9.17, 15) is 16.8 Å². The highest BCUT2D eigenvalue weighted by molar-refractivity contribution is 8.13. The second-order valence-electron chi connectivity index (χ2n) is 3.42. The van der Waals surface area contributed by atoms with Gasteiger partial charge >= 0.3 is 0 Å². The molecular formula is C10H10ClNO4S2. The fourth-order valence-corrected chi connectivity index (χ4v) is 3.21. The topological polar surface area (TPSA) is 80.3 Å². The van der Waals surface area contributed by atoms with E-state index in [4.69, 9.17) is 17.1 Å². The van der Waals surface area contributed by atoms with Gasteiger partial charge in [0.25, 0.3) is 9.05 Å². The molecule has 1 unspecified atom stereocenters. The Morgan fingerprint density at radius 2 is 1.83 bits per heavy atom.